The maximum atomic E-state index is 13.2. The number of alkyl carbamates (subject to hydrolysis) is 1. The number of hydrogen-bond donors (Lipinski definition) is 2. The number of aliphatic carboxylic acids is 1. The lowest BCUT2D eigenvalue weighted by Crippen LogP contribution is -2.55. The molecule has 186 valence electrons. The molecule has 9 nitrogen and oxygen atoms in total. The fourth-order valence-corrected chi connectivity index (χ4v) is 4.69. The van der Waals surface area contributed by atoms with Crippen molar-refractivity contribution in [3.8, 4) is 11.1 Å². The van der Waals surface area contributed by atoms with Crippen molar-refractivity contribution in [3.05, 3.63) is 59.7 Å². The number of fused-ring (bicyclic) bond motifs is 3. The van der Waals surface area contributed by atoms with Gasteiger partial charge in [0, 0.05) is 26.2 Å². The molecule has 0 spiro atoms. The van der Waals surface area contributed by atoms with Gasteiger partial charge >= 0.3 is 12.1 Å². The molecule has 35 heavy (non-hydrogen) atoms. The van der Waals surface area contributed by atoms with Crippen molar-refractivity contribution >= 4 is 18.0 Å². The molecule has 1 saturated heterocycles. The Balaban J connectivity index is 1.41. The lowest BCUT2D eigenvalue weighted by Gasteiger charge is -2.33. The number of amides is 2. The molecule has 0 radical (unpaired) electrons. The molecule has 2 atom stereocenters. The molecule has 1 fully saturated rings. The predicted molar refractivity (Wildman–Crippen MR) is 127 cm³/mol. The molecule has 2 aromatic rings. The van der Waals surface area contributed by atoms with Crippen molar-refractivity contribution in [2.24, 2.45) is 0 Å². The second-order valence-corrected chi connectivity index (χ2v) is 8.64. The van der Waals surface area contributed by atoms with Crippen molar-refractivity contribution in [2.75, 3.05) is 40.0 Å². The highest BCUT2D eigenvalue weighted by atomic mass is 16.5. The number of benzene rings is 2. The van der Waals surface area contributed by atoms with Crippen molar-refractivity contribution in [1.82, 2.24) is 10.2 Å². The van der Waals surface area contributed by atoms with E-state index in [0.29, 0.717) is 19.4 Å². The molecule has 2 N–H and O–H groups in total. The van der Waals surface area contributed by atoms with Crippen LogP contribution in [0.15, 0.2) is 48.5 Å². The number of nitrogens with one attached hydrogen (secondary N) is 1. The topological polar surface area (TPSA) is 114 Å². The molecule has 4 rings (SSSR count). The largest absolute Gasteiger partial charge is 0.479 e. The van der Waals surface area contributed by atoms with Crippen LogP contribution in [0, 0.1) is 0 Å². The second-order valence-electron chi connectivity index (χ2n) is 8.64. The minimum absolute atomic E-state index is 0.0681. The molecule has 0 saturated carbocycles. The van der Waals surface area contributed by atoms with Gasteiger partial charge in [-0.3, -0.25) is 4.79 Å². The number of hydrogen-bond acceptors (Lipinski definition) is 6. The molecular weight excluding hydrogens is 452 g/mol. The molecule has 0 bridgehead atoms. The zero-order valence-electron chi connectivity index (χ0n) is 19.6. The third kappa shape index (κ3) is 5.63. The normalized spacial score (nSPS) is 17.9. The lowest BCUT2D eigenvalue weighted by molar-refractivity contribution is -0.160. The van der Waals surface area contributed by atoms with Gasteiger partial charge in [0.05, 0.1) is 13.2 Å². The average Bonchev–Trinajstić information content (AvgIpc) is 3.20. The minimum atomic E-state index is -1.12. The zero-order chi connectivity index (χ0) is 24.8. The average molecular weight is 483 g/mol. The van der Waals surface area contributed by atoms with Gasteiger partial charge in [-0.25, -0.2) is 9.59 Å². The first-order valence-corrected chi connectivity index (χ1v) is 11.7. The molecule has 1 aliphatic carbocycles. The Bertz CT molecular complexity index is 1030. The van der Waals surface area contributed by atoms with E-state index < -0.39 is 24.2 Å². The predicted octanol–water partition coefficient (Wildman–Crippen LogP) is 2.63. The van der Waals surface area contributed by atoms with Gasteiger partial charge in [0.15, 0.2) is 6.10 Å². The number of morpholine rings is 1. The Morgan fingerprint density at radius 1 is 1.11 bits per heavy atom. The third-order valence-electron chi connectivity index (χ3n) is 6.43. The first-order chi connectivity index (χ1) is 17.0. The molecular formula is C26H30N2O7. The molecule has 1 heterocycles. The van der Waals surface area contributed by atoms with E-state index in [2.05, 4.69) is 17.4 Å². The van der Waals surface area contributed by atoms with Crippen molar-refractivity contribution in [2.45, 2.75) is 30.9 Å². The van der Waals surface area contributed by atoms with Crippen LogP contribution in [0.1, 0.15) is 29.9 Å². The first-order valence-electron chi connectivity index (χ1n) is 11.7. The van der Waals surface area contributed by atoms with E-state index in [-0.39, 0.29) is 38.1 Å². The number of carbonyl (C=O) groups excluding carboxylic acids is 2. The minimum Gasteiger partial charge on any atom is -0.479 e. The van der Waals surface area contributed by atoms with E-state index in [1.165, 1.54) is 4.90 Å². The molecule has 2 aliphatic rings. The van der Waals surface area contributed by atoms with Gasteiger partial charge < -0.3 is 29.5 Å². The van der Waals surface area contributed by atoms with E-state index in [1.54, 1.807) is 7.11 Å². The van der Waals surface area contributed by atoms with Crippen LogP contribution in [0.3, 0.4) is 0 Å². The Kier molecular flexibility index (Phi) is 7.99. The molecule has 2 amide bonds. The van der Waals surface area contributed by atoms with Gasteiger partial charge in [-0.05, 0) is 35.1 Å². The zero-order valence-corrected chi connectivity index (χ0v) is 19.6. The van der Waals surface area contributed by atoms with Crippen LogP contribution in [0.4, 0.5) is 4.79 Å². The highest BCUT2D eigenvalue weighted by molar-refractivity contribution is 5.86. The Hall–Kier alpha value is -3.43. The van der Waals surface area contributed by atoms with Crippen molar-refractivity contribution in [3.63, 3.8) is 0 Å². The third-order valence-corrected chi connectivity index (χ3v) is 6.43. The summed E-state index contributed by atoms with van der Waals surface area (Å²) in [6.07, 6.45) is -0.887. The smallest absolute Gasteiger partial charge is 0.407 e. The van der Waals surface area contributed by atoms with Crippen LogP contribution in [0.5, 0.6) is 0 Å². The van der Waals surface area contributed by atoms with Gasteiger partial charge in [-0.2, -0.15) is 0 Å². The van der Waals surface area contributed by atoms with Gasteiger partial charge in [0.1, 0.15) is 12.6 Å². The van der Waals surface area contributed by atoms with Crippen LogP contribution in [-0.4, -0.2) is 80.1 Å². The summed E-state index contributed by atoms with van der Waals surface area (Å²) in [5.74, 6) is -1.57. The van der Waals surface area contributed by atoms with Gasteiger partial charge in [0.25, 0.3) is 0 Å². The van der Waals surface area contributed by atoms with E-state index in [1.807, 2.05) is 36.4 Å². The Morgan fingerprint density at radius 3 is 2.40 bits per heavy atom. The van der Waals surface area contributed by atoms with Crippen LogP contribution in [-0.2, 0) is 23.8 Å². The summed E-state index contributed by atoms with van der Waals surface area (Å²) in [7, 11) is 1.56. The number of nitrogens with zero attached hydrogens (tertiary/aromatic N) is 1. The summed E-state index contributed by atoms with van der Waals surface area (Å²) >= 11 is 0. The summed E-state index contributed by atoms with van der Waals surface area (Å²) < 4.78 is 15.9. The number of ether oxygens (including phenoxy) is 3. The quantitative estimate of drug-likeness (QED) is 0.528. The van der Waals surface area contributed by atoms with Gasteiger partial charge in [-0.1, -0.05) is 48.5 Å². The number of rotatable bonds is 9. The summed E-state index contributed by atoms with van der Waals surface area (Å²) in [5.41, 5.74) is 4.46. The van der Waals surface area contributed by atoms with Gasteiger partial charge in [-0.15, -0.1) is 0 Å². The van der Waals surface area contributed by atoms with Crippen LogP contribution in [0.2, 0.25) is 0 Å². The Morgan fingerprint density at radius 2 is 1.77 bits per heavy atom. The molecule has 9 heteroatoms. The van der Waals surface area contributed by atoms with Crippen molar-refractivity contribution in [1.29, 1.82) is 0 Å². The highest BCUT2D eigenvalue weighted by Crippen LogP contribution is 2.44. The summed E-state index contributed by atoms with van der Waals surface area (Å²) in [6, 6.07) is 15.3. The number of methoxy groups -OCH3 is 1. The molecule has 0 aromatic heterocycles. The first kappa shape index (κ1) is 24.7. The van der Waals surface area contributed by atoms with Crippen LogP contribution in [0.25, 0.3) is 11.1 Å². The van der Waals surface area contributed by atoms with E-state index in [9.17, 15) is 19.5 Å². The van der Waals surface area contributed by atoms with Crippen LogP contribution >= 0.6 is 0 Å². The van der Waals surface area contributed by atoms with Crippen LogP contribution < -0.4 is 5.32 Å². The fraction of sp³-hybridized carbons (Fsp3) is 0.423. The molecule has 2 unspecified atom stereocenters. The maximum absolute atomic E-state index is 13.2. The standard InChI is InChI=1S/C26H30N2O7/c1-33-13-6-11-22(24(29)28-12-14-34-23(15-28)25(30)31)27-26(32)35-16-21-19-9-4-2-7-17(19)18-8-3-5-10-20(18)21/h2-5,7-10,21-23H,6,11-16H2,1H3,(H,27,32)(H,30,31). The monoisotopic (exact) mass is 482 g/mol. The Labute approximate surface area is 204 Å². The SMILES string of the molecule is COCCCC(NC(=O)OCC1c2ccccc2-c2ccccc21)C(=O)N1CCOC(C(=O)O)C1. The summed E-state index contributed by atoms with van der Waals surface area (Å²) in [4.78, 5) is 38.6. The van der Waals surface area contributed by atoms with Crippen molar-refractivity contribution < 1.29 is 33.7 Å². The number of carboxylic acids is 1. The second kappa shape index (κ2) is 11.3. The maximum Gasteiger partial charge on any atom is 0.407 e. The fourth-order valence-electron chi connectivity index (χ4n) is 4.69. The van der Waals surface area contributed by atoms with E-state index in [4.69, 9.17) is 14.2 Å². The highest BCUT2D eigenvalue weighted by Gasteiger charge is 2.34. The van der Waals surface area contributed by atoms with E-state index >= 15 is 0 Å². The molecule has 2 aromatic carbocycles. The lowest BCUT2D eigenvalue weighted by atomic mass is 9.98. The molecule has 1 aliphatic heterocycles. The number of carboxylic acid groups (broad SMARTS) is 1. The summed E-state index contributed by atoms with van der Waals surface area (Å²) in [5, 5.41) is 11.9. The van der Waals surface area contributed by atoms with E-state index in [0.717, 1.165) is 22.3 Å². The summed E-state index contributed by atoms with van der Waals surface area (Å²) in [6.45, 7) is 0.879. The van der Waals surface area contributed by atoms with Gasteiger partial charge in [0.2, 0.25) is 5.91 Å². The number of carbonyl (C=O) groups is 3.